The lowest BCUT2D eigenvalue weighted by molar-refractivity contribution is -0.137. The molecular weight excluding hydrogens is 326 g/mol. The van der Waals surface area contributed by atoms with Gasteiger partial charge in [-0.15, -0.1) is 0 Å². The van der Waals surface area contributed by atoms with Crippen molar-refractivity contribution in [2.24, 2.45) is 0 Å². The van der Waals surface area contributed by atoms with Crippen LogP contribution in [-0.4, -0.2) is 22.8 Å². The first-order chi connectivity index (χ1) is 9.19. The molecule has 1 rings (SSSR count). The smallest absolute Gasteiger partial charge is 0.408 e. The van der Waals surface area contributed by atoms with Crippen LogP contribution in [-0.2, 0) is 9.53 Å². The Hall–Kier alpha value is -1.56. The summed E-state index contributed by atoms with van der Waals surface area (Å²) in [5.74, 6) is -0.998. The predicted molar refractivity (Wildman–Crippen MR) is 78.5 cm³/mol. The van der Waals surface area contributed by atoms with Gasteiger partial charge in [0.25, 0.3) is 0 Å². The Bertz CT molecular complexity index is 496. The molecule has 0 fully saturated rings. The zero-order valence-corrected chi connectivity index (χ0v) is 13.2. The van der Waals surface area contributed by atoms with Crippen LogP contribution in [0.4, 0.5) is 4.79 Å². The van der Waals surface area contributed by atoms with Crippen LogP contribution in [0.5, 0.6) is 0 Å². The number of hydrogen-bond donors (Lipinski definition) is 2. The average Bonchev–Trinajstić information content (AvgIpc) is 2.25. The molecule has 0 heterocycles. The highest BCUT2D eigenvalue weighted by Crippen LogP contribution is 2.26. The number of rotatable bonds is 4. The monoisotopic (exact) mass is 343 g/mol. The molecule has 0 aliphatic rings. The number of halogens is 1. The highest BCUT2D eigenvalue weighted by molar-refractivity contribution is 9.10. The van der Waals surface area contributed by atoms with Crippen molar-refractivity contribution in [3.8, 4) is 0 Å². The van der Waals surface area contributed by atoms with Gasteiger partial charge in [0.1, 0.15) is 5.60 Å². The summed E-state index contributed by atoms with van der Waals surface area (Å²) in [5, 5.41) is 11.6. The molecule has 0 aromatic heterocycles. The average molecular weight is 344 g/mol. The third kappa shape index (κ3) is 5.61. The zero-order valence-electron chi connectivity index (χ0n) is 11.6. The van der Waals surface area contributed by atoms with E-state index >= 15 is 0 Å². The normalized spacial score (nSPS) is 12.6. The fourth-order valence-electron chi connectivity index (χ4n) is 1.62. The Labute approximate surface area is 126 Å². The largest absolute Gasteiger partial charge is 0.481 e. The molecule has 0 saturated carbocycles. The molecule has 2 N–H and O–H groups in total. The van der Waals surface area contributed by atoms with E-state index in [0.717, 1.165) is 4.47 Å². The summed E-state index contributed by atoms with van der Waals surface area (Å²) in [6.07, 6.45) is -0.860. The molecule has 0 aliphatic heterocycles. The number of nitrogens with one attached hydrogen (secondary N) is 1. The third-order valence-corrected chi connectivity index (χ3v) is 3.07. The quantitative estimate of drug-likeness (QED) is 0.877. The molecular formula is C14H18BrNO4. The second-order valence-corrected chi connectivity index (χ2v) is 6.17. The Balaban J connectivity index is 2.88. The molecule has 110 valence electrons. The number of aliphatic carboxylic acids is 1. The van der Waals surface area contributed by atoms with Crippen molar-refractivity contribution in [2.45, 2.75) is 38.8 Å². The van der Waals surface area contributed by atoms with Crippen LogP contribution in [0.1, 0.15) is 38.8 Å². The maximum atomic E-state index is 11.8. The lowest BCUT2D eigenvalue weighted by atomic mass is 10.0. The minimum Gasteiger partial charge on any atom is -0.481 e. The lowest BCUT2D eigenvalue weighted by Crippen LogP contribution is -2.35. The molecule has 1 aromatic carbocycles. The second kappa shape index (κ2) is 6.74. The number of carbonyl (C=O) groups excluding carboxylic acids is 1. The zero-order chi connectivity index (χ0) is 15.3. The minimum atomic E-state index is -0.998. The fraction of sp³-hybridized carbons (Fsp3) is 0.429. The first-order valence-electron chi connectivity index (χ1n) is 6.15. The Morgan fingerprint density at radius 2 is 1.95 bits per heavy atom. The van der Waals surface area contributed by atoms with Crippen molar-refractivity contribution in [1.82, 2.24) is 5.32 Å². The molecule has 6 heteroatoms. The first-order valence-corrected chi connectivity index (χ1v) is 6.94. The summed E-state index contributed by atoms with van der Waals surface area (Å²) in [4.78, 5) is 22.7. The van der Waals surface area contributed by atoms with Crippen LogP contribution < -0.4 is 5.32 Å². The van der Waals surface area contributed by atoms with Crippen molar-refractivity contribution in [1.29, 1.82) is 0 Å². The summed E-state index contributed by atoms with van der Waals surface area (Å²) in [5.41, 5.74) is 0.0620. The Kier molecular flexibility index (Phi) is 5.56. The Morgan fingerprint density at radius 3 is 2.45 bits per heavy atom. The summed E-state index contributed by atoms with van der Waals surface area (Å²) >= 11 is 3.35. The van der Waals surface area contributed by atoms with Crippen LogP contribution >= 0.6 is 15.9 Å². The van der Waals surface area contributed by atoms with Crippen molar-refractivity contribution in [2.75, 3.05) is 0 Å². The molecule has 1 amide bonds. The molecule has 5 nitrogen and oxygen atoms in total. The number of amides is 1. The highest BCUT2D eigenvalue weighted by atomic mass is 79.9. The van der Waals surface area contributed by atoms with E-state index in [1.807, 2.05) is 6.07 Å². The van der Waals surface area contributed by atoms with Crippen molar-refractivity contribution < 1.29 is 19.4 Å². The molecule has 0 aliphatic carbocycles. The van der Waals surface area contributed by atoms with Gasteiger partial charge in [0.15, 0.2) is 0 Å². The van der Waals surface area contributed by atoms with Crippen LogP contribution in [0, 0.1) is 0 Å². The van der Waals surface area contributed by atoms with E-state index in [2.05, 4.69) is 21.2 Å². The van der Waals surface area contributed by atoms with Crippen LogP contribution in [0.25, 0.3) is 0 Å². The second-order valence-electron chi connectivity index (χ2n) is 5.32. The fourth-order valence-corrected chi connectivity index (χ4v) is 2.18. The van der Waals surface area contributed by atoms with E-state index in [-0.39, 0.29) is 6.42 Å². The van der Waals surface area contributed by atoms with Crippen molar-refractivity contribution in [3.63, 3.8) is 0 Å². The Morgan fingerprint density at radius 1 is 1.35 bits per heavy atom. The number of carboxylic acids is 1. The van der Waals surface area contributed by atoms with Gasteiger partial charge in [-0.25, -0.2) is 4.79 Å². The van der Waals surface area contributed by atoms with Gasteiger partial charge in [0.2, 0.25) is 0 Å². The van der Waals surface area contributed by atoms with Gasteiger partial charge in [-0.3, -0.25) is 4.79 Å². The molecule has 1 aromatic rings. The van der Waals surface area contributed by atoms with Crippen molar-refractivity contribution in [3.05, 3.63) is 34.3 Å². The van der Waals surface area contributed by atoms with E-state index in [0.29, 0.717) is 5.56 Å². The van der Waals surface area contributed by atoms with Gasteiger partial charge in [-0.1, -0.05) is 34.1 Å². The predicted octanol–water partition coefficient (Wildman–Crippen LogP) is 3.49. The van der Waals surface area contributed by atoms with Gasteiger partial charge in [0, 0.05) is 4.47 Å². The van der Waals surface area contributed by atoms with Gasteiger partial charge < -0.3 is 15.2 Å². The minimum absolute atomic E-state index is 0.220. The van der Waals surface area contributed by atoms with Gasteiger partial charge in [-0.05, 0) is 32.4 Å². The van der Waals surface area contributed by atoms with Gasteiger partial charge >= 0.3 is 12.1 Å². The van der Waals surface area contributed by atoms with E-state index < -0.39 is 23.7 Å². The molecule has 0 saturated heterocycles. The lowest BCUT2D eigenvalue weighted by Gasteiger charge is -2.23. The molecule has 0 bridgehead atoms. The van der Waals surface area contributed by atoms with E-state index in [4.69, 9.17) is 9.84 Å². The SMILES string of the molecule is CC(C)(C)OC(=O)N[C@@H](CC(=O)O)c1ccccc1Br. The van der Waals surface area contributed by atoms with Crippen molar-refractivity contribution >= 4 is 28.0 Å². The van der Waals surface area contributed by atoms with Gasteiger partial charge in [-0.2, -0.15) is 0 Å². The van der Waals surface area contributed by atoms with Crippen LogP contribution in [0.2, 0.25) is 0 Å². The standard InChI is InChI=1S/C14H18BrNO4/c1-14(2,3)20-13(19)16-11(8-12(17)18)9-6-4-5-7-10(9)15/h4-7,11H,8H2,1-3H3,(H,16,19)(H,17,18)/t11-/m0/s1. The van der Waals surface area contributed by atoms with E-state index in [1.54, 1.807) is 39.0 Å². The van der Waals surface area contributed by atoms with E-state index in [1.165, 1.54) is 0 Å². The highest BCUT2D eigenvalue weighted by Gasteiger charge is 2.23. The third-order valence-electron chi connectivity index (χ3n) is 2.35. The topological polar surface area (TPSA) is 75.6 Å². The molecule has 1 atom stereocenters. The number of carbonyl (C=O) groups is 2. The molecule has 0 spiro atoms. The van der Waals surface area contributed by atoms with E-state index in [9.17, 15) is 9.59 Å². The van der Waals surface area contributed by atoms with Gasteiger partial charge in [0.05, 0.1) is 12.5 Å². The van der Waals surface area contributed by atoms with Crippen LogP contribution in [0.15, 0.2) is 28.7 Å². The summed E-state index contributed by atoms with van der Waals surface area (Å²) in [6, 6.07) is 6.50. The maximum Gasteiger partial charge on any atom is 0.408 e. The van der Waals surface area contributed by atoms with Crippen LogP contribution in [0.3, 0.4) is 0 Å². The molecule has 0 radical (unpaired) electrons. The summed E-state index contributed by atoms with van der Waals surface area (Å²) < 4.78 is 5.89. The number of benzene rings is 1. The summed E-state index contributed by atoms with van der Waals surface area (Å²) in [7, 11) is 0. The maximum absolute atomic E-state index is 11.8. The number of ether oxygens (including phenoxy) is 1. The number of carboxylic acid groups (broad SMARTS) is 1. The number of alkyl carbamates (subject to hydrolysis) is 1. The number of hydrogen-bond acceptors (Lipinski definition) is 3. The first kappa shape index (κ1) is 16.5. The molecule has 20 heavy (non-hydrogen) atoms. The molecule has 0 unspecified atom stereocenters. The summed E-state index contributed by atoms with van der Waals surface area (Å²) in [6.45, 7) is 5.24.